The third-order valence-corrected chi connectivity index (χ3v) is 11.9. The summed E-state index contributed by atoms with van der Waals surface area (Å²) in [5.74, 6) is 0.523. The Balaban J connectivity index is 1.31. The molecule has 11 aromatic rings. The topological polar surface area (TPSA) is 54.5 Å². The van der Waals surface area contributed by atoms with Gasteiger partial charge in [0.2, 0.25) is 0 Å². The van der Waals surface area contributed by atoms with Crippen LogP contribution in [0.2, 0.25) is 0 Å². The third-order valence-electron chi connectivity index (χ3n) is 11.9. The molecule has 0 bridgehead atoms. The van der Waals surface area contributed by atoms with Gasteiger partial charge in [-0.25, -0.2) is 9.97 Å². The number of nitrogens with zero attached hydrogens (tertiary/aromatic N) is 4. The number of benzene rings is 9. The van der Waals surface area contributed by atoms with E-state index in [1.807, 2.05) is 60.7 Å². The highest BCUT2D eigenvalue weighted by Crippen LogP contribution is 2.47. The summed E-state index contributed by atoms with van der Waals surface area (Å²) in [5.41, 5.74) is 16.1. The van der Waals surface area contributed by atoms with Crippen LogP contribution in [0.15, 0.2) is 231 Å². The fourth-order valence-electron chi connectivity index (χ4n) is 8.94. The lowest BCUT2D eigenvalue weighted by Crippen LogP contribution is -2.06. The molecule has 0 unspecified atom stereocenters. The molecule has 0 spiro atoms. The normalized spacial score (nSPS) is 11.2. The zero-order chi connectivity index (χ0) is 42.1. The van der Waals surface area contributed by atoms with Crippen molar-refractivity contribution in [2.24, 2.45) is 0 Å². The Morgan fingerprint density at radius 2 is 0.730 bits per heavy atom. The molecule has 63 heavy (non-hydrogen) atoms. The van der Waals surface area contributed by atoms with E-state index in [0.29, 0.717) is 22.8 Å². The second-order valence-electron chi connectivity index (χ2n) is 15.6. The lowest BCUT2D eigenvalue weighted by Gasteiger charge is -2.22. The maximum Gasteiger partial charge on any atom is 0.162 e. The number of aromatic nitrogens is 3. The van der Waals surface area contributed by atoms with Crippen LogP contribution in [0.25, 0.3) is 106 Å². The Morgan fingerprint density at radius 3 is 1.16 bits per heavy atom. The average Bonchev–Trinajstić information content (AvgIpc) is 3.69. The molecule has 9 aromatic carbocycles. The van der Waals surface area contributed by atoms with E-state index in [4.69, 9.17) is 9.97 Å². The van der Waals surface area contributed by atoms with Gasteiger partial charge >= 0.3 is 0 Å². The van der Waals surface area contributed by atoms with Gasteiger partial charge in [-0.1, -0.05) is 200 Å². The molecule has 0 N–H and O–H groups in total. The van der Waals surface area contributed by atoms with Crippen LogP contribution in [0.3, 0.4) is 0 Å². The van der Waals surface area contributed by atoms with E-state index in [0.717, 1.165) is 88.7 Å². The Bertz CT molecular complexity index is 3310. The Morgan fingerprint density at radius 1 is 0.349 bits per heavy atom. The van der Waals surface area contributed by atoms with Gasteiger partial charge in [0, 0.05) is 33.0 Å². The first kappa shape index (κ1) is 37.4. The fraction of sp³-hybridized carbons (Fsp3) is 0. The van der Waals surface area contributed by atoms with Gasteiger partial charge in [-0.05, 0) is 69.3 Å². The zero-order valence-corrected chi connectivity index (χ0v) is 34.2. The molecule has 294 valence electrons. The van der Waals surface area contributed by atoms with Crippen LogP contribution in [0.1, 0.15) is 5.56 Å². The highest BCUT2D eigenvalue weighted by atomic mass is 15.0. The van der Waals surface area contributed by atoms with Gasteiger partial charge < -0.3 is 4.57 Å². The van der Waals surface area contributed by atoms with E-state index in [2.05, 4.69) is 180 Å². The van der Waals surface area contributed by atoms with Crippen LogP contribution < -0.4 is 0 Å². The van der Waals surface area contributed by atoms with Crippen molar-refractivity contribution in [3.05, 3.63) is 236 Å². The first-order chi connectivity index (χ1) is 31.2. The lowest BCUT2D eigenvalue weighted by molar-refractivity contribution is 1.13. The van der Waals surface area contributed by atoms with E-state index in [1.54, 1.807) is 0 Å². The number of nitriles is 1. The number of rotatable bonds is 8. The first-order valence-corrected chi connectivity index (χ1v) is 21.1. The molecule has 0 aliphatic carbocycles. The molecule has 2 heterocycles. The molecular weight excluding hydrogens is 765 g/mol. The van der Waals surface area contributed by atoms with Gasteiger partial charge in [0.15, 0.2) is 5.82 Å². The summed E-state index contributed by atoms with van der Waals surface area (Å²) in [6.07, 6.45) is 0. The lowest BCUT2D eigenvalue weighted by atomic mass is 9.89. The standard InChI is InChI=1S/C59H38N4/c60-39-52-56(44-27-15-5-16-28-44)61-59(62-57(52)45-29-17-6-18-30-45)49-34-33-48(42-23-11-3-12-24-42)55(43-25-13-4-14-26-43)58(49)63-53-35-31-46(40-19-7-1-8-20-40)37-50(53)51-38-47(32-36-54(51)63)41-21-9-2-10-22-41/h1-38H. The van der Waals surface area contributed by atoms with Crippen molar-refractivity contribution in [2.75, 3.05) is 0 Å². The zero-order valence-electron chi connectivity index (χ0n) is 34.2. The quantitative estimate of drug-likeness (QED) is 0.154. The Hall–Kier alpha value is -8.65. The van der Waals surface area contributed by atoms with Crippen molar-refractivity contribution in [3.63, 3.8) is 0 Å². The maximum atomic E-state index is 10.9. The number of fused-ring (bicyclic) bond motifs is 3. The smallest absolute Gasteiger partial charge is 0.162 e. The molecule has 0 radical (unpaired) electrons. The van der Waals surface area contributed by atoms with E-state index < -0.39 is 0 Å². The molecule has 0 saturated carbocycles. The molecule has 4 nitrogen and oxygen atoms in total. The maximum absolute atomic E-state index is 10.9. The highest BCUT2D eigenvalue weighted by Gasteiger charge is 2.27. The van der Waals surface area contributed by atoms with Gasteiger partial charge in [-0.2, -0.15) is 5.26 Å². The molecule has 0 saturated heterocycles. The summed E-state index contributed by atoms with van der Waals surface area (Å²) < 4.78 is 2.42. The van der Waals surface area contributed by atoms with Gasteiger partial charge in [0.1, 0.15) is 11.6 Å². The second kappa shape index (κ2) is 16.1. The van der Waals surface area contributed by atoms with Crippen molar-refractivity contribution < 1.29 is 0 Å². The molecule has 0 aliphatic heterocycles. The summed E-state index contributed by atoms with van der Waals surface area (Å²) in [6, 6.07) is 82.9. The number of hydrogen-bond donors (Lipinski definition) is 0. The molecule has 0 aliphatic rings. The van der Waals surface area contributed by atoms with Crippen LogP contribution in [0.5, 0.6) is 0 Å². The number of hydrogen-bond acceptors (Lipinski definition) is 3. The molecule has 4 heteroatoms. The van der Waals surface area contributed by atoms with Crippen molar-refractivity contribution in [1.29, 1.82) is 5.26 Å². The predicted octanol–water partition coefficient (Wildman–Crippen LogP) is 15.1. The van der Waals surface area contributed by atoms with Crippen LogP contribution in [-0.2, 0) is 0 Å². The summed E-state index contributed by atoms with van der Waals surface area (Å²) in [5, 5.41) is 13.1. The SMILES string of the molecule is N#Cc1c(-c2ccccc2)nc(-c2ccc(-c3ccccc3)c(-c3ccccc3)c2-n2c3ccc(-c4ccccc4)cc3c3cc(-c4ccccc4)ccc32)nc1-c1ccccc1. The Kier molecular flexibility index (Phi) is 9.54. The highest BCUT2D eigenvalue weighted by molar-refractivity contribution is 6.13. The minimum Gasteiger partial charge on any atom is -0.308 e. The molecule has 0 atom stereocenters. The van der Waals surface area contributed by atoms with Gasteiger partial charge in [-0.15, -0.1) is 0 Å². The molecule has 2 aromatic heterocycles. The second-order valence-corrected chi connectivity index (χ2v) is 15.6. The monoisotopic (exact) mass is 802 g/mol. The largest absolute Gasteiger partial charge is 0.308 e. The summed E-state index contributed by atoms with van der Waals surface area (Å²) >= 11 is 0. The van der Waals surface area contributed by atoms with Crippen LogP contribution in [0.4, 0.5) is 0 Å². The van der Waals surface area contributed by atoms with Crippen molar-refractivity contribution in [1.82, 2.24) is 14.5 Å². The van der Waals surface area contributed by atoms with E-state index in [-0.39, 0.29) is 0 Å². The Labute approximate surface area is 366 Å². The molecule has 0 amide bonds. The van der Waals surface area contributed by atoms with Gasteiger partial charge in [0.25, 0.3) is 0 Å². The van der Waals surface area contributed by atoms with Crippen LogP contribution >= 0.6 is 0 Å². The summed E-state index contributed by atoms with van der Waals surface area (Å²) in [7, 11) is 0. The van der Waals surface area contributed by atoms with E-state index in [9.17, 15) is 5.26 Å². The van der Waals surface area contributed by atoms with Crippen LogP contribution in [-0.4, -0.2) is 14.5 Å². The van der Waals surface area contributed by atoms with Crippen molar-refractivity contribution >= 4 is 21.8 Å². The first-order valence-electron chi connectivity index (χ1n) is 21.1. The minimum atomic E-state index is 0.431. The predicted molar refractivity (Wildman–Crippen MR) is 259 cm³/mol. The molecule has 0 fully saturated rings. The summed E-state index contributed by atoms with van der Waals surface area (Å²) in [4.78, 5) is 10.8. The molecular formula is C59H38N4. The van der Waals surface area contributed by atoms with E-state index >= 15 is 0 Å². The fourth-order valence-corrected chi connectivity index (χ4v) is 8.94. The van der Waals surface area contributed by atoms with Crippen molar-refractivity contribution in [2.45, 2.75) is 0 Å². The average molecular weight is 803 g/mol. The minimum absolute atomic E-state index is 0.431. The van der Waals surface area contributed by atoms with Crippen molar-refractivity contribution in [3.8, 4) is 90.2 Å². The van der Waals surface area contributed by atoms with Gasteiger partial charge in [-0.3, -0.25) is 0 Å². The third kappa shape index (κ3) is 6.75. The van der Waals surface area contributed by atoms with Gasteiger partial charge in [0.05, 0.1) is 28.1 Å². The molecule has 11 rings (SSSR count). The van der Waals surface area contributed by atoms with Crippen LogP contribution in [0, 0.1) is 11.3 Å². The summed E-state index contributed by atoms with van der Waals surface area (Å²) in [6.45, 7) is 0. The van der Waals surface area contributed by atoms with E-state index in [1.165, 1.54) is 0 Å².